The van der Waals surface area contributed by atoms with E-state index in [-0.39, 0.29) is 0 Å². The van der Waals surface area contributed by atoms with Crippen LogP contribution in [0.15, 0.2) is 101 Å². The van der Waals surface area contributed by atoms with Gasteiger partial charge in [-0.1, -0.05) is 72.4 Å². The zero-order chi connectivity index (χ0) is 25.0. The van der Waals surface area contributed by atoms with Crippen LogP contribution in [-0.2, 0) is 5.75 Å². The van der Waals surface area contributed by atoms with Gasteiger partial charge in [0.1, 0.15) is 11.1 Å². The zero-order valence-corrected chi connectivity index (χ0v) is 21.9. The van der Waals surface area contributed by atoms with E-state index in [1.54, 1.807) is 23.1 Å². The van der Waals surface area contributed by atoms with Crippen LogP contribution in [0.1, 0.15) is 16.3 Å². The molecule has 0 fully saturated rings. The van der Waals surface area contributed by atoms with Crippen molar-refractivity contribution in [1.29, 1.82) is 5.26 Å². The Morgan fingerprint density at radius 3 is 2.49 bits per heavy atom. The van der Waals surface area contributed by atoms with Crippen molar-refractivity contribution in [2.75, 3.05) is 0 Å². The van der Waals surface area contributed by atoms with E-state index in [9.17, 15) is 5.26 Å². The van der Waals surface area contributed by atoms with Gasteiger partial charge in [-0.25, -0.2) is 14.6 Å². The van der Waals surface area contributed by atoms with Crippen molar-refractivity contribution in [3.8, 4) is 23.0 Å². The van der Waals surface area contributed by atoms with Crippen LogP contribution >= 0.6 is 34.4 Å². The zero-order valence-electron chi connectivity index (χ0n) is 19.5. The number of rotatable bonds is 7. The Bertz CT molecular complexity index is 1710. The van der Waals surface area contributed by atoms with E-state index in [2.05, 4.69) is 12.1 Å². The van der Waals surface area contributed by atoms with Crippen LogP contribution in [0.4, 0.5) is 0 Å². The summed E-state index contributed by atoms with van der Waals surface area (Å²) in [5.41, 5.74) is 6.12. The van der Waals surface area contributed by atoms with Gasteiger partial charge in [-0.05, 0) is 30.3 Å². The first-order chi connectivity index (χ1) is 18.3. The Kier molecular flexibility index (Phi) is 6.65. The van der Waals surface area contributed by atoms with Gasteiger partial charge in [-0.15, -0.1) is 22.7 Å². The van der Waals surface area contributed by atoms with E-state index in [1.807, 2.05) is 101 Å². The molecule has 37 heavy (non-hydrogen) atoms. The van der Waals surface area contributed by atoms with Crippen molar-refractivity contribution in [1.82, 2.24) is 19.7 Å². The van der Waals surface area contributed by atoms with E-state index < -0.39 is 0 Å². The summed E-state index contributed by atoms with van der Waals surface area (Å²) in [4.78, 5) is 9.46. The normalized spacial score (nSPS) is 11.6. The van der Waals surface area contributed by atoms with Gasteiger partial charge in [0.2, 0.25) is 0 Å². The molecular formula is C29H19N5S3. The highest BCUT2D eigenvalue weighted by Crippen LogP contribution is 2.33. The first-order valence-electron chi connectivity index (χ1n) is 11.5. The first-order valence-corrected chi connectivity index (χ1v) is 14.2. The average molecular weight is 534 g/mol. The lowest BCUT2D eigenvalue weighted by atomic mass is 10.1. The molecule has 0 saturated carbocycles. The van der Waals surface area contributed by atoms with Crippen LogP contribution in [0.25, 0.3) is 38.8 Å². The third-order valence-corrected chi connectivity index (χ3v) is 8.77. The van der Waals surface area contributed by atoms with Gasteiger partial charge in [0.25, 0.3) is 0 Å². The maximum atomic E-state index is 10.0. The minimum absolute atomic E-state index is 0.519. The lowest BCUT2D eigenvalue weighted by Gasteiger charge is -2.00. The van der Waals surface area contributed by atoms with Gasteiger partial charge in [0.15, 0.2) is 4.34 Å². The molecule has 0 radical (unpaired) electrons. The van der Waals surface area contributed by atoms with E-state index in [0.717, 1.165) is 38.1 Å². The van der Waals surface area contributed by atoms with Crippen LogP contribution in [0, 0.1) is 11.3 Å². The molecule has 178 valence electrons. The summed E-state index contributed by atoms with van der Waals surface area (Å²) in [6.07, 6.45) is 3.85. The molecule has 0 aliphatic carbocycles. The fraction of sp³-hybridized carbons (Fsp3) is 0.0345. The number of aromatic nitrogens is 4. The predicted molar refractivity (Wildman–Crippen MR) is 154 cm³/mol. The second-order valence-electron chi connectivity index (χ2n) is 8.13. The predicted octanol–water partition coefficient (Wildman–Crippen LogP) is 7.96. The molecule has 0 aliphatic rings. The number of benzene rings is 3. The Morgan fingerprint density at radius 2 is 1.70 bits per heavy atom. The Balaban J connectivity index is 1.29. The van der Waals surface area contributed by atoms with Crippen molar-refractivity contribution in [3.63, 3.8) is 0 Å². The van der Waals surface area contributed by atoms with Crippen molar-refractivity contribution in [2.24, 2.45) is 0 Å². The van der Waals surface area contributed by atoms with Gasteiger partial charge in [-0.2, -0.15) is 10.4 Å². The summed E-state index contributed by atoms with van der Waals surface area (Å²) in [5, 5.41) is 17.6. The number of hydrogen-bond acceptors (Lipinski definition) is 7. The summed E-state index contributed by atoms with van der Waals surface area (Å²) in [5.74, 6) is 0.705. The largest absolute Gasteiger partial charge is 0.240 e. The number of allylic oxidation sites excluding steroid dienone is 1. The summed E-state index contributed by atoms with van der Waals surface area (Å²) in [6.45, 7) is 0. The number of thiazole rings is 2. The molecule has 5 nitrogen and oxygen atoms in total. The lowest BCUT2D eigenvalue weighted by Crippen LogP contribution is -1.93. The lowest BCUT2D eigenvalue weighted by molar-refractivity contribution is 0.884. The summed E-state index contributed by atoms with van der Waals surface area (Å²) < 4.78 is 4.06. The minimum Gasteiger partial charge on any atom is -0.240 e. The summed E-state index contributed by atoms with van der Waals surface area (Å²) in [7, 11) is 0. The molecule has 6 rings (SSSR count). The summed E-state index contributed by atoms with van der Waals surface area (Å²) in [6, 6.07) is 30.5. The van der Waals surface area contributed by atoms with Gasteiger partial charge in [0, 0.05) is 28.5 Å². The van der Waals surface area contributed by atoms with E-state index in [1.165, 1.54) is 16.0 Å². The molecule has 0 unspecified atom stereocenters. The van der Waals surface area contributed by atoms with Crippen LogP contribution in [0.3, 0.4) is 0 Å². The Labute approximate surface area is 226 Å². The molecule has 8 heteroatoms. The number of thioether (sulfide) groups is 1. The number of hydrogen-bond donors (Lipinski definition) is 0. The second-order valence-corrected chi connectivity index (χ2v) is 11.2. The minimum atomic E-state index is 0.519. The van der Waals surface area contributed by atoms with Gasteiger partial charge in [-0.3, -0.25) is 0 Å². The van der Waals surface area contributed by atoms with Crippen molar-refractivity contribution in [2.45, 2.75) is 10.1 Å². The third kappa shape index (κ3) is 5.11. The SMILES string of the molecule is N#C/C(=C\c1cn(-c2ccccc2)nc1-c1ccccc1)c1nc(CSc2nc3ccccc3s2)cs1. The van der Waals surface area contributed by atoms with E-state index >= 15 is 0 Å². The number of nitriles is 1. The van der Waals surface area contributed by atoms with Crippen LogP contribution in [0.2, 0.25) is 0 Å². The van der Waals surface area contributed by atoms with Crippen molar-refractivity contribution < 1.29 is 0 Å². The molecule has 0 N–H and O–H groups in total. The molecule has 0 aliphatic heterocycles. The molecule has 0 amide bonds. The average Bonchev–Trinajstić information content (AvgIpc) is 3.69. The highest BCUT2D eigenvalue weighted by Gasteiger charge is 2.15. The van der Waals surface area contributed by atoms with Crippen molar-refractivity contribution in [3.05, 3.63) is 113 Å². The molecular weight excluding hydrogens is 515 g/mol. The highest BCUT2D eigenvalue weighted by atomic mass is 32.2. The molecule has 0 bridgehead atoms. The number of nitrogens with zero attached hydrogens (tertiary/aromatic N) is 5. The monoisotopic (exact) mass is 533 g/mol. The maximum absolute atomic E-state index is 10.0. The van der Waals surface area contributed by atoms with Crippen LogP contribution in [-0.4, -0.2) is 19.7 Å². The van der Waals surface area contributed by atoms with Gasteiger partial charge in [0.05, 0.1) is 32.9 Å². The highest BCUT2D eigenvalue weighted by molar-refractivity contribution is 8.00. The molecule has 3 heterocycles. The third-order valence-electron chi connectivity index (χ3n) is 5.63. The summed E-state index contributed by atoms with van der Waals surface area (Å²) >= 11 is 4.85. The molecule has 0 spiro atoms. The van der Waals surface area contributed by atoms with Gasteiger partial charge < -0.3 is 0 Å². The number of para-hydroxylation sites is 2. The van der Waals surface area contributed by atoms with E-state index in [0.29, 0.717) is 16.3 Å². The first kappa shape index (κ1) is 23.4. The Morgan fingerprint density at radius 1 is 0.946 bits per heavy atom. The van der Waals surface area contributed by atoms with Crippen LogP contribution in [0.5, 0.6) is 0 Å². The molecule has 0 saturated heterocycles. The fourth-order valence-corrected chi connectivity index (χ4v) is 6.72. The molecule has 3 aromatic heterocycles. The Hall–Kier alpha value is -4.03. The van der Waals surface area contributed by atoms with E-state index in [4.69, 9.17) is 15.1 Å². The molecule has 0 atom stereocenters. The topological polar surface area (TPSA) is 67.4 Å². The van der Waals surface area contributed by atoms with Gasteiger partial charge >= 0.3 is 0 Å². The maximum Gasteiger partial charge on any atom is 0.151 e. The molecule has 6 aromatic rings. The second kappa shape index (κ2) is 10.5. The number of fused-ring (bicyclic) bond motifs is 1. The fourth-order valence-electron chi connectivity index (χ4n) is 3.87. The quantitative estimate of drug-likeness (QED) is 0.154. The van der Waals surface area contributed by atoms with Crippen molar-refractivity contribution >= 4 is 56.3 Å². The standard InChI is InChI=1S/C29H19N5S3/c30-16-21(28-31-23(18-35-28)19-36-29-32-25-13-7-8-14-26(25)37-29)15-22-17-34(24-11-5-2-6-12-24)33-27(22)20-9-3-1-4-10-20/h1-15,17-18H,19H2/b21-15+. The molecule has 3 aromatic carbocycles. The van der Waals surface area contributed by atoms with Crippen LogP contribution < -0.4 is 0 Å². The smallest absolute Gasteiger partial charge is 0.151 e.